The highest BCUT2D eigenvalue weighted by molar-refractivity contribution is 5.19. The Morgan fingerprint density at radius 1 is 1.50 bits per heavy atom. The van der Waals surface area contributed by atoms with E-state index in [1.165, 1.54) is 13.0 Å². The summed E-state index contributed by atoms with van der Waals surface area (Å²) in [5.41, 5.74) is -0.981. The highest BCUT2D eigenvalue weighted by Crippen LogP contribution is 2.24. The minimum absolute atomic E-state index is 0.626. The molecule has 0 radical (unpaired) electrons. The fourth-order valence-electron chi connectivity index (χ4n) is 1.36. The SMILES string of the molecule is C=CC(O)(C(C)O)C(O)/C(=C\C)CC. The topological polar surface area (TPSA) is 60.7 Å². The van der Waals surface area contributed by atoms with Gasteiger partial charge in [0.25, 0.3) is 0 Å². The van der Waals surface area contributed by atoms with Crippen molar-refractivity contribution in [2.75, 3.05) is 0 Å². The molecule has 82 valence electrons. The van der Waals surface area contributed by atoms with Gasteiger partial charge < -0.3 is 15.3 Å². The molecule has 14 heavy (non-hydrogen) atoms. The predicted octanol–water partition coefficient (Wildman–Crippen LogP) is 1.00. The molecule has 3 atom stereocenters. The minimum Gasteiger partial charge on any atom is -0.390 e. The molecule has 0 spiro atoms. The van der Waals surface area contributed by atoms with Gasteiger partial charge in [0.2, 0.25) is 0 Å². The van der Waals surface area contributed by atoms with Crippen LogP contribution in [0.5, 0.6) is 0 Å². The van der Waals surface area contributed by atoms with Crippen molar-refractivity contribution in [1.82, 2.24) is 0 Å². The van der Waals surface area contributed by atoms with Crippen LogP contribution in [0.2, 0.25) is 0 Å². The molecule has 0 rings (SSSR count). The molecule has 0 aliphatic rings. The van der Waals surface area contributed by atoms with Crippen molar-refractivity contribution < 1.29 is 15.3 Å². The summed E-state index contributed by atoms with van der Waals surface area (Å²) < 4.78 is 0. The number of allylic oxidation sites excluding steroid dienone is 1. The molecule has 3 heteroatoms. The van der Waals surface area contributed by atoms with Gasteiger partial charge in [-0.3, -0.25) is 0 Å². The van der Waals surface area contributed by atoms with Crippen LogP contribution in [0.1, 0.15) is 27.2 Å². The van der Waals surface area contributed by atoms with Gasteiger partial charge in [0.15, 0.2) is 0 Å². The van der Waals surface area contributed by atoms with E-state index in [0.717, 1.165) is 0 Å². The van der Waals surface area contributed by atoms with Gasteiger partial charge in [-0.05, 0) is 25.8 Å². The van der Waals surface area contributed by atoms with Gasteiger partial charge in [-0.15, -0.1) is 6.58 Å². The summed E-state index contributed by atoms with van der Waals surface area (Å²) >= 11 is 0. The average Bonchev–Trinajstić information content (AvgIpc) is 2.17. The Balaban J connectivity index is 4.95. The summed E-state index contributed by atoms with van der Waals surface area (Å²) in [5.74, 6) is 0. The molecule has 0 saturated heterocycles. The van der Waals surface area contributed by atoms with Crippen molar-refractivity contribution in [2.45, 2.75) is 45.0 Å². The van der Waals surface area contributed by atoms with E-state index < -0.39 is 17.8 Å². The minimum atomic E-state index is -1.67. The molecule has 0 aromatic rings. The Bertz CT molecular complexity index is 221. The van der Waals surface area contributed by atoms with Crippen LogP contribution in [0.15, 0.2) is 24.3 Å². The van der Waals surface area contributed by atoms with E-state index in [0.29, 0.717) is 12.0 Å². The van der Waals surface area contributed by atoms with Gasteiger partial charge in [-0.1, -0.05) is 19.1 Å². The van der Waals surface area contributed by atoms with Crippen LogP contribution in [0, 0.1) is 0 Å². The van der Waals surface area contributed by atoms with Crippen LogP contribution >= 0.6 is 0 Å². The molecule has 0 heterocycles. The van der Waals surface area contributed by atoms with Gasteiger partial charge in [0, 0.05) is 0 Å². The first-order chi connectivity index (χ1) is 6.43. The molecule has 3 N–H and O–H groups in total. The van der Waals surface area contributed by atoms with E-state index in [1.807, 2.05) is 6.92 Å². The lowest BCUT2D eigenvalue weighted by atomic mass is 9.85. The van der Waals surface area contributed by atoms with E-state index in [9.17, 15) is 15.3 Å². The van der Waals surface area contributed by atoms with Crippen LogP contribution < -0.4 is 0 Å². The van der Waals surface area contributed by atoms with Crippen molar-refractivity contribution >= 4 is 0 Å². The Kier molecular flexibility index (Phi) is 5.05. The van der Waals surface area contributed by atoms with E-state index in [1.54, 1.807) is 13.0 Å². The molecule has 0 amide bonds. The molecular weight excluding hydrogens is 180 g/mol. The summed E-state index contributed by atoms with van der Waals surface area (Å²) in [4.78, 5) is 0. The van der Waals surface area contributed by atoms with Gasteiger partial charge in [-0.2, -0.15) is 0 Å². The number of hydrogen-bond donors (Lipinski definition) is 3. The summed E-state index contributed by atoms with van der Waals surface area (Å²) in [6, 6.07) is 0. The van der Waals surface area contributed by atoms with Crippen molar-refractivity contribution in [1.29, 1.82) is 0 Å². The number of aliphatic hydroxyl groups is 3. The van der Waals surface area contributed by atoms with Crippen molar-refractivity contribution in [3.05, 3.63) is 24.3 Å². The third-order valence-electron chi connectivity index (χ3n) is 2.56. The maximum absolute atomic E-state index is 9.94. The summed E-state index contributed by atoms with van der Waals surface area (Å²) in [7, 11) is 0. The first-order valence-corrected chi connectivity index (χ1v) is 4.81. The fourth-order valence-corrected chi connectivity index (χ4v) is 1.36. The molecule has 0 aromatic heterocycles. The van der Waals surface area contributed by atoms with Crippen LogP contribution in [0.4, 0.5) is 0 Å². The zero-order valence-corrected chi connectivity index (χ0v) is 9.07. The van der Waals surface area contributed by atoms with Gasteiger partial charge in [-0.25, -0.2) is 0 Å². The maximum Gasteiger partial charge on any atom is 0.138 e. The van der Waals surface area contributed by atoms with Crippen molar-refractivity contribution in [2.24, 2.45) is 0 Å². The van der Waals surface area contributed by atoms with Gasteiger partial charge in [0.05, 0.1) is 6.10 Å². The zero-order valence-electron chi connectivity index (χ0n) is 9.07. The van der Waals surface area contributed by atoms with E-state index in [2.05, 4.69) is 6.58 Å². The molecule has 0 saturated carbocycles. The molecule has 3 nitrogen and oxygen atoms in total. The number of rotatable bonds is 5. The molecule has 0 aromatic carbocycles. The summed E-state index contributed by atoms with van der Waals surface area (Å²) in [5, 5.41) is 29.2. The first-order valence-electron chi connectivity index (χ1n) is 4.81. The van der Waals surface area contributed by atoms with Crippen LogP contribution in [-0.4, -0.2) is 33.1 Å². The lowest BCUT2D eigenvalue weighted by Gasteiger charge is -2.33. The van der Waals surface area contributed by atoms with Gasteiger partial charge >= 0.3 is 0 Å². The third kappa shape index (κ3) is 2.44. The highest BCUT2D eigenvalue weighted by atomic mass is 16.4. The molecule has 3 unspecified atom stereocenters. The Morgan fingerprint density at radius 3 is 2.21 bits per heavy atom. The second-order valence-corrected chi connectivity index (χ2v) is 3.39. The largest absolute Gasteiger partial charge is 0.390 e. The highest BCUT2D eigenvalue weighted by Gasteiger charge is 2.38. The standard InChI is InChI=1S/C11H20O3/c1-5-9(6-2)10(13)11(14,7-3)8(4)12/h5,7-8,10,12-14H,3,6H2,1-2,4H3/b9-5-. The second kappa shape index (κ2) is 5.29. The van der Waals surface area contributed by atoms with Crippen LogP contribution in [0.3, 0.4) is 0 Å². The normalized spacial score (nSPS) is 21.1. The number of hydrogen-bond acceptors (Lipinski definition) is 3. The fraction of sp³-hybridized carbons (Fsp3) is 0.636. The summed E-state index contributed by atoms with van der Waals surface area (Å²) in [6.07, 6.45) is 1.38. The zero-order chi connectivity index (χ0) is 11.4. The summed E-state index contributed by atoms with van der Waals surface area (Å²) in [6.45, 7) is 8.52. The second-order valence-electron chi connectivity index (χ2n) is 3.39. The maximum atomic E-state index is 9.94. The van der Waals surface area contributed by atoms with Gasteiger partial charge in [0.1, 0.15) is 11.7 Å². The lowest BCUT2D eigenvalue weighted by Crippen LogP contribution is -2.50. The molecule has 0 aliphatic heterocycles. The molecule has 0 fully saturated rings. The Morgan fingerprint density at radius 2 is 2.00 bits per heavy atom. The van der Waals surface area contributed by atoms with Crippen LogP contribution in [-0.2, 0) is 0 Å². The predicted molar refractivity (Wildman–Crippen MR) is 56.9 cm³/mol. The molecular formula is C11H20O3. The van der Waals surface area contributed by atoms with Crippen molar-refractivity contribution in [3.8, 4) is 0 Å². The molecule has 0 aliphatic carbocycles. The third-order valence-corrected chi connectivity index (χ3v) is 2.56. The molecule has 0 bridgehead atoms. The quantitative estimate of drug-likeness (QED) is 0.580. The monoisotopic (exact) mass is 200 g/mol. The van der Waals surface area contributed by atoms with Crippen molar-refractivity contribution in [3.63, 3.8) is 0 Å². The Hall–Kier alpha value is -0.640. The van der Waals surface area contributed by atoms with E-state index in [-0.39, 0.29) is 0 Å². The lowest BCUT2D eigenvalue weighted by molar-refractivity contribution is -0.0945. The Labute approximate surface area is 85.4 Å². The van der Waals surface area contributed by atoms with E-state index >= 15 is 0 Å². The smallest absolute Gasteiger partial charge is 0.138 e. The number of aliphatic hydroxyl groups excluding tert-OH is 2. The average molecular weight is 200 g/mol. The van der Waals surface area contributed by atoms with E-state index in [4.69, 9.17) is 0 Å². The van der Waals surface area contributed by atoms with Crippen LogP contribution in [0.25, 0.3) is 0 Å². The first kappa shape index (κ1) is 13.4.